The Labute approximate surface area is 174 Å². The van der Waals surface area contributed by atoms with Crippen LogP contribution in [0.1, 0.15) is 25.1 Å². The number of nitrogens with zero attached hydrogens (tertiary/aromatic N) is 4. The van der Waals surface area contributed by atoms with Crippen LogP contribution in [-0.4, -0.2) is 70.1 Å². The number of halogens is 6. The molecule has 0 saturated heterocycles. The molecule has 0 aliphatic carbocycles. The fourth-order valence-corrected chi connectivity index (χ4v) is 2.69. The zero-order valence-electron chi connectivity index (χ0n) is 17.1. The number of ether oxygens (including phenoxy) is 1. The molecule has 0 saturated carbocycles. The number of amides is 1. The van der Waals surface area contributed by atoms with Gasteiger partial charge in [0, 0.05) is 19.5 Å². The Hall–Kier alpha value is -2.41. The average Bonchev–Trinajstić information content (AvgIpc) is 3.01. The van der Waals surface area contributed by atoms with Crippen LogP contribution >= 0.6 is 0 Å². The second-order valence-electron chi connectivity index (χ2n) is 7.58. The van der Waals surface area contributed by atoms with Gasteiger partial charge in [0.05, 0.1) is 24.7 Å². The highest BCUT2D eigenvalue weighted by Crippen LogP contribution is 2.32. The van der Waals surface area contributed by atoms with Crippen molar-refractivity contribution in [2.75, 3.05) is 20.2 Å². The number of alkyl halides is 6. The van der Waals surface area contributed by atoms with E-state index < -0.39 is 30.5 Å². The highest BCUT2D eigenvalue weighted by molar-refractivity contribution is 5.47. The zero-order chi connectivity index (χ0) is 23.4. The minimum Gasteiger partial charge on any atom is -0.366 e. The van der Waals surface area contributed by atoms with Gasteiger partial charge in [-0.2, -0.15) is 31.4 Å². The summed E-state index contributed by atoms with van der Waals surface area (Å²) in [4.78, 5) is 16.1. The van der Waals surface area contributed by atoms with Crippen molar-refractivity contribution in [3.63, 3.8) is 0 Å². The Balaban J connectivity index is 2.00. The average molecular weight is 455 g/mol. The lowest BCUT2D eigenvalue weighted by molar-refractivity contribution is -0.263. The van der Waals surface area contributed by atoms with Gasteiger partial charge >= 0.3 is 12.4 Å². The van der Waals surface area contributed by atoms with Crippen LogP contribution in [0.15, 0.2) is 18.5 Å². The fraction of sp³-hybridized carbons (Fsp3) is 0.611. The first-order valence-electron chi connectivity index (χ1n) is 9.22. The van der Waals surface area contributed by atoms with E-state index in [1.54, 1.807) is 17.6 Å². The minimum absolute atomic E-state index is 0.00517. The van der Waals surface area contributed by atoms with Crippen LogP contribution in [0.4, 0.5) is 26.3 Å². The van der Waals surface area contributed by atoms with Crippen LogP contribution < -0.4 is 5.32 Å². The first kappa shape index (κ1) is 24.9. The molecule has 0 fully saturated rings. The molecule has 2 heterocycles. The van der Waals surface area contributed by atoms with Crippen molar-refractivity contribution >= 4 is 12.1 Å². The van der Waals surface area contributed by atoms with Crippen molar-refractivity contribution in [2.24, 2.45) is 0 Å². The van der Waals surface area contributed by atoms with Gasteiger partial charge in [0.1, 0.15) is 6.04 Å². The molecule has 2 aromatic heterocycles. The van der Waals surface area contributed by atoms with E-state index in [0.717, 1.165) is 13.8 Å². The summed E-state index contributed by atoms with van der Waals surface area (Å²) in [7, 11) is 1.46. The number of hydrogen-bond acceptors (Lipinski definition) is 5. The van der Waals surface area contributed by atoms with E-state index in [-0.39, 0.29) is 26.0 Å². The molecule has 0 radical (unpaired) electrons. The van der Waals surface area contributed by atoms with Crippen LogP contribution in [0.5, 0.6) is 0 Å². The van der Waals surface area contributed by atoms with E-state index in [0.29, 0.717) is 16.9 Å². The highest BCUT2D eigenvalue weighted by Gasteiger charge is 2.48. The van der Waals surface area contributed by atoms with Gasteiger partial charge < -0.3 is 10.1 Å². The lowest BCUT2D eigenvalue weighted by Gasteiger charge is -2.27. The summed E-state index contributed by atoms with van der Waals surface area (Å²) in [5.74, 6) is 0. The van der Waals surface area contributed by atoms with Crippen molar-refractivity contribution in [2.45, 2.75) is 50.8 Å². The summed E-state index contributed by atoms with van der Waals surface area (Å²) in [5.41, 5.74) is -0.846. The number of nitrogens with one attached hydrogen (secondary N) is 1. The normalized spacial score (nSPS) is 14.3. The summed E-state index contributed by atoms with van der Waals surface area (Å²) in [6, 6.07) is -0.394. The van der Waals surface area contributed by atoms with Crippen molar-refractivity contribution in [3.05, 3.63) is 29.7 Å². The van der Waals surface area contributed by atoms with E-state index in [4.69, 9.17) is 4.74 Å². The molecular weight excluding hydrogens is 432 g/mol. The molecule has 1 amide bonds. The maximum Gasteiger partial charge on any atom is 0.416 e. The number of rotatable bonds is 10. The van der Waals surface area contributed by atoms with E-state index >= 15 is 0 Å². The molecule has 1 atom stereocenters. The van der Waals surface area contributed by atoms with Crippen molar-refractivity contribution in [3.8, 4) is 0 Å². The third kappa shape index (κ3) is 6.79. The third-order valence-electron chi connectivity index (χ3n) is 4.54. The Bertz CT molecular complexity index is 880. The Morgan fingerprint density at radius 1 is 1.26 bits per heavy atom. The second-order valence-corrected chi connectivity index (χ2v) is 7.58. The van der Waals surface area contributed by atoms with Gasteiger partial charge in [-0.05, 0) is 32.5 Å². The number of aromatic nitrogens is 3. The molecule has 1 unspecified atom stereocenters. The standard InChI is InChI=1S/C18H23F6N5O2/c1-16(2,18(22,23)24)31-5-4-13-9-29-15(27-13)6-12(7-26-29)8-28(3)10-14(25-11-30)17(19,20)21/h6-7,9,11,14H,4-5,8,10H2,1-3H3,(H,25,30). The highest BCUT2D eigenvalue weighted by atomic mass is 19.4. The number of hydrogen-bond donors (Lipinski definition) is 1. The van der Waals surface area contributed by atoms with Crippen LogP contribution in [0.2, 0.25) is 0 Å². The first-order valence-corrected chi connectivity index (χ1v) is 9.22. The zero-order valence-corrected chi connectivity index (χ0v) is 17.1. The van der Waals surface area contributed by atoms with Crippen molar-refractivity contribution < 1.29 is 35.9 Å². The van der Waals surface area contributed by atoms with Crippen molar-refractivity contribution in [1.29, 1.82) is 0 Å². The van der Waals surface area contributed by atoms with Crippen molar-refractivity contribution in [1.82, 2.24) is 24.8 Å². The topological polar surface area (TPSA) is 71.8 Å². The van der Waals surface area contributed by atoms with Gasteiger partial charge in [0.2, 0.25) is 6.41 Å². The molecule has 0 spiro atoms. The molecule has 13 heteroatoms. The van der Waals surface area contributed by atoms with E-state index in [9.17, 15) is 31.1 Å². The molecule has 0 aliphatic heterocycles. The number of likely N-dealkylation sites (N-methyl/N-ethyl adjacent to an activating group) is 1. The van der Waals surface area contributed by atoms with Gasteiger partial charge in [0.25, 0.3) is 0 Å². The Kier molecular flexibility index (Phi) is 7.53. The summed E-state index contributed by atoms with van der Waals surface area (Å²) in [6.45, 7) is 1.33. The molecule has 0 bridgehead atoms. The molecule has 1 N–H and O–H groups in total. The molecule has 2 rings (SSSR count). The SMILES string of the molecule is CN(Cc1cnn2cc(CCOC(C)(C)C(F)(F)F)nc2c1)CC(NC=O)C(F)(F)F. The van der Waals surface area contributed by atoms with Crippen LogP contribution in [0.3, 0.4) is 0 Å². The second kappa shape index (κ2) is 9.39. The van der Waals surface area contributed by atoms with Gasteiger partial charge in [-0.3, -0.25) is 9.69 Å². The van der Waals surface area contributed by atoms with Gasteiger partial charge in [0.15, 0.2) is 11.2 Å². The minimum atomic E-state index is -4.59. The van der Waals surface area contributed by atoms with Crippen LogP contribution in [0.25, 0.3) is 5.65 Å². The van der Waals surface area contributed by atoms with Crippen LogP contribution in [-0.2, 0) is 22.5 Å². The first-order chi connectivity index (χ1) is 14.2. The smallest absolute Gasteiger partial charge is 0.366 e. The lowest BCUT2D eigenvalue weighted by Crippen LogP contribution is -2.48. The maximum absolute atomic E-state index is 12.9. The lowest BCUT2D eigenvalue weighted by atomic mass is 10.1. The van der Waals surface area contributed by atoms with Gasteiger partial charge in [-0.1, -0.05) is 0 Å². The summed E-state index contributed by atoms with van der Waals surface area (Å²) < 4.78 is 83.5. The largest absolute Gasteiger partial charge is 0.416 e. The maximum atomic E-state index is 12.9. The molecule has 2 aromatic rings. The number of imidazole rings is 1. The quantitative estimate of drug-likeness (QED) is 0.441. The van der Waals surface area contributed by atoms with Gasteiger partial charge in [-0.25, -0.2) is 9.50 Å². The predicted octanol–water partition coefficient (Wildman–Crippen LogP) is 2.74. The van der Waals surface area contributed by atoms with E-state index in [2.05, 4.69) is 10.1 Å². The Morgan fingerprint density at radius 2 is 1.94 bits per heavy atom. The number of fused-ring (bicyclic) bond motifs is 1. The summed E-state index contributed by atoms with van der Waals surface area (Å²) in [5, 5.41) is 5.88. The molecule has 0 aromatic carbocycles. The van der Waals surface area contributed by atoms with E-state index in [1.165, 1.54) is 22.7 Å². The summed E-state index contributed by atoms with van der Waals surface area (Å²) >= 11 is 0. The Morgan fingerprint density at radius 3 is 2.52 bits per heavy atom. The molecule has 7 nitrogen and oxygen atoms in total. The number of carbonyl (C=O) groups excluding carboxylic acids is 1. The molecule has 174 valence electrons. The van der Waals surface area contributed by atoms with E-state index in [1.807, 2.05) is 0 Å². The monoisotopic (exact) mass is 455 g/mol. The summed E-state index contributed by atoms with van der Waals surface area (Å²) in [6.07, 6.45) is -5.96. The molecule has 31 heavy (non-hydrogen) atoms. The van der Waals surface area contributed by atoms with Gasteiger partial charge in [-0.15, -0.1) is 0 Å². The fourth-order valence-electron chi connectivity index (χ4n) is 2.69. The third-order valence-corrected chi connectivity index (χ3v) is 4.54. The van der Waals surface area contributed by atoms with Crippen LogP contribution in [0, 0.1) is 0 Å². The predicted molar refractivity (Wildman–Crippen MR) is 98.2 cm³/mol. The molecular formula is C18H23F6N5O2. The molecule has 0 aliphatic rings. The number of carbonyl (C=O) groups is 1.